The summed E-state index contributed by atoms with van der Waals surface area (Å²) in [6.45, 7) is 6.96. The third-order valence-corrected chi connectivity index (χ3v) is 9.17. The second-order valence-electron chi connectivity index (χ2n) is 8.31. The van der Waals surface area contributed by atoms with E-state index in [9.17, 15) is 4.79 Å². The molecule has 4 aromatic rings. The van der Waals surface area contributed by atoms with Gasteiger partial charge in [0.05, 0.1) is 32.3 Å². The largest absolute Gasteiger partial charge is 0.334 e. The van der Waals surface area contributed by atoms with Gasteiger partial charge in [-0.05, 0) is 75.0 Å². The number of anilines is 2. The van der Waals surface area contributed by atoms with Crippen molar-refractivity contribution >= 4 is 73.2 Å². The maximum absolute atomic E-state index is 13.9. The Bertz CT molecular complexity index is 1540. The van der Waals surface area contributed by atoms with Crippen LogP contribution in [-0.2, 0) is 4.79 Å². The number of carbonyl (C=O) groups excluding carboxylic acids is 1. The highest BCUT2D eigenvalue weighted by Crippen LogP contribution is 2.51. The maximum atomic E-state index is 13.9. The average Bonchev–Trinajstić information content (AvgIpc) is 3.51. The van der Waals surface area contributed by atoms with Crippen molar-refractivity contribution in [1.82, 2.24) is 4.98 Å². The van der Waals surface area contributed by atoms with E-state index in [0.717, 1.165) is 49.4 Å². The van der Waals surface area contributed by atoms with Gasteiger partial charge in [-0.25, -0.2) is 9.98 Å². The standard InChI is InChI=1S/C27H22N4OS3/c1-4-30-21-7-5-6-8-22(21)34-26(30)24-25(32)31(19-12-9-16(2)10-13-19)27(35-24)29-18-11-14-20-23(15-18)33-17(3)28-20/h5-15H,4H2,1-3H3/b26-24-,29-27?. The first-order valence-corrected chi connectivity index (χ1v) is 13.8. The molecule has 2 aliphatic rings. The zero-order valence-corrected chi connectivity index (χ0v) is 21.9. The number of aliphatic imine (C=N–C) groups is 1. The molecule has 0 atom stereocenters. The van der Waals surface area contributed by atoms with Crippen molar-refractivity contribution < 1.29 is 4.79 Å². The fourth-order valence-corrected chi connectivity index (χ4v) is 7.48. The summed E-state index contributed by atoms with van der Waals surface area (Å²) in [6, 6.07) is 22.4. The minimum atomic E-state index is -0.0407. The summed E-state index contributed by atoms with van der Waals surface area (Å²) < 4.78 is 1.10. The zero-order chi connectivity index (χ0) is 24.1. The van der Waals surface area contributed by atoms with Crippen LogP contribution in [0.4, 0.5) is 17.1 Å². The number of fused-ring (bicyclic) bond motifs is 2. The number of thiazole rings is 1. The molecule has 1 saturated heterocycles. The highest BCUT2D eigenvalue weighted by molar-refractivity contribution is 8.20. The predicted molar refractivity (Wildman–Crippen MR) is 150 cm³/mol. The topological polar surface area (TPSA) is 48.8 Å². The fourth-order valence-electron chi connectivity index (χ4n) is 4.22. The number of rotatable bonds is 3. The third kappa shape index (κ3) is 3.95. The van der Waals surface area contributed by atoms with Gasteiger partial charge in [-0.15, -0.1) is 11.3 Å². The number of amidine groups is 1. The van der Waals surface area contributed by atoms with Crippen LogP contribution in [0.15, 0.2) is 86.6 Å². The molecule has 1 fully saturated rings. The van der Waals surface area contributed by atoms with Crippen molar-refractivity contribution in [3.8, 4) is 0 Å². The molecular formula is C27H22N4OS3. The molecule has 0 radical (unpaired) electrons. The highest BCUT2D eigenvalue weighted by atomic mass is 32.2. The van der Waals surface area contributed by atoms with Gasteiger partial charge in [0, 0.05) is 11.4 Å². The fraction of sp³-hybridized carbons (Fsp3) is 0.148. The lowest BCUT2D eigenvalue weighted by Gasteiger charge is -2.19. The van der Waals surface area contributed by atoms with E-state index in [-0.39, 0.29) is 5.91 Å². The first-order valence-electron chi connectivity index (χ1n) is 11.4. The molecule has 0 saturated carbocycles. The first kappa shape index (κ1) is 22.4. The van der Waals surface area contributed by atoms with Crippen LogP contribution < -0.4 is 9.80 Å². The van der Waals surface area contributed by atoms with E-state index in [1.165, 1.54) is 16.7 Å². The SMILES string of the molecule is CCN1/C(=C2/SC(=Nc3ccc4nc(C)sc4c3)N(c3ccc(C)cc3)C2=O)Sc2ccccc21. The number of aryl methyl sites for hydroxylation is 2. The van der Waals surface area contributed by atoms with Crippen molar-refractivity contribution in [3.63, 3.8) is 0 Å². The van der Waals surface area contributed by atoms with Gasteiger partial charge in [-0.1, -0.05) is 41.6 Å². The van der Waals surface area contributed by atoms with E-state index in [1.807, 2.05) is 62.4 Å². The van der Waals surface area contributed by atoms with Crippen LogP contribution in [0.25, 0.3) is 10.2 Å². The van der Waals surface area contributed by atoms with Gasteiger partial charge in [0.15, 0.2) is 5.17 Å². The number of amides is 1. The van der Waals surface area contributed by atoms with E-state index in [1.54, 1.807) is 28.0 Å². The van der Waals surface area contributed by atoms with E-state index >= 15 is 0 Å². The molecule has 0 N–H and O–H groups in total. The lowest BCUT2D eigenvalue weighted by molar-refractivity contribution is -0.113. The molecule has 1 amide bonds. The van der Waals surface area contributed by atoms with Gasteiger partial charge in [-0.2, -0.15) is 0 Å². The quantitative estimate of drug-likeness (QED) is 0.265. The average molecular weight is 515 g/mol. The van der Waals surface area contributed by atoms with E-state index in [0.29, 0.717) is 10.1 Å². The summed E-state index contributed by atoms with van der Waals surface area (Å²) in [4.78, 5) is 29.3. The Kier molecular flexibility index (Phi) is 5.67. The Morgan fingerprint density at radius 1 is 0.971 bits per heavy atom. The van der Waals surface area contributed by atoms with Crippen LogP contribution in [0.2, 0.25) is 0 Å². The number of hydrogen-bond donors (Lipinski definition) is 0. The van der Waals surface area contributed by atoms with Gasteiger partial charge < -0.3 is 4.90 Å². The molecule has 0 bridgehead atoms. The number of aromatic nitrogens is 1. The maximum Gasteiger partial charge on any atom is 0.274 e. The Labute approximate surface area is 216 Å². The van der Waals surface area contributed by atoms with E-state index in [2.05, 4.69) is 35.0 Å². The summed E-state index contributed by atoms with van der Waals surface area (Å²) in [5.41, 5.74) is 4.91. The number of carbonyl (C=O) groups is 1. The van der Waals surface area contributed by atoms with E-state index < -0.39 is 0 Å². The number of nitrogens with zero attached hydrogens (tertiary/aromatic N) is 4. The summed E-state index contributed by atoms with van der Waals surface area (Å²) in [5, 5.41) is 2.66. The van der Waals surface area contributed by atoms with Gasteiger partial charge >= 0.3 is 0 Å². The monoisotopic (exact) mass is 514 g/mol. The number of thioether (sulfide) groups is 2. The molecule has 6 rings (SSSR count). The Morgan fingerprint density at radius 3 is 2.57 bits per heavy atom. The molecule has 1 aromatic heterocycles. The number of para-hydroxylation sites is 1. The van der Waals surface area contributed by atoms with Gasteiger partial charge in [0.1, 0.15) is 9.93 Å². The number of hydrogen-bond acceptors (Lipinski definition) is 7. The van der Waals surface area contributed by atoms with Crippen molar-refractivity contribution in [2.75, 3.05) is 16.3 Å². The highest BCUT2D eigenvalue weighted by Gasteiger charge is 2.40. The van der Waals surface area contributed by atoms with Crippen LogP contribution in [0, 0.1) is 13.8 Å². The zero-order valence-electron chi connectivity index (χ0n) is 19.5. The summed E-state index contributed by atoms with van der Waals surface area (Å²) in [6.07, 6.45) is 0. The Hall–Kier alpha value is -3.07. The summed E-state index contributed by atoms with van der Waals surface area (Å²) in [7, 11) is 0. The van der Waals surface area contributed by atoms with Gasteiger partial charge in [-0.3, -0.25) is 9.69 Å². The molecule has 8 heteroatoms. The molecule has 0 unspecified atom stereocenters. The van der Waals surface area contributed by atoms with Crippen LogP contribution in [-0.4, -0.2) is 22.6 Å². The lowest BCUT2D eigenvalue weighted by atomic mass is 10.2. The molecule has 0 aliphatic carbocycles. The molecular weight excluding hydrogens is 493 g/mol. The summed E-state index contributed by atoms with van der Waals surface area (Å²) >= 11 is 4.76. The van der Waals surface area contributed by atoms with Crippen molar-refractivity contribution in [2.45, 2.75) is 25.7 Å². The van der Waals surface area contributed by atoms with Crippen LogP contribution in [0.1, 0.15) is 17.5 Å². The second kappa shape index (κ2) is 8.86. The van der Waals surface area contributed by atoms with Crippen molar-refractivity contribution in [2.24, 2.45) is 4.99 Å². The van der Waals surface area contributed by atoms with Gasteiger partial charge in [0.25, 0.3) is 5.91 Å². The lowest BCUT2D eigenvalue weighted by Crippen LogP contribution is -2.29. The van der Waals surface area contributed by atoms with Crippen molar-refractivity contribution in [1.29, 1.82) is 0 Å². The predicted octanol–water partition coefficient (Wildman–Crippen LogP) is 7.48. The molecule has 3 heterocycles. The third-order valence-electron chi connectivity index (χ3n) is 5.90. The van der Waals surface area contributed by atoms with Crippen molar-refractivity contribution in [3.05, 3.63) is 87.2 Å². The number of benzene rings is 3. The first-order chi connectivity index (χ1) is 17.0. The minimum Gasteiger partial charge on any atom is -0.334 e. The van der Waals surface area contributed by atoms with Crippen LogP contribution in [0.5, 0.6) is 0 Å². The molecule has 5 nitrogen and oxygen atoms in total. The molecule has 2 aliphatic heterocycles. The van der Waals surface area contributed by atoms with Crippen LogP contribution in [0.3, 0.4) is 0 Å². The normalized spacial score (nSPS) is 18.8. The second-order valence-corrected chi connectivity index (χ2v) is 11.5. The molecule has 35 heavy (non-hydrogen) atoms. The minimum absolute atomic E-state index is 0.0407. The Morgan fingerprint density at radius 2 is 1.77 bits per heavy atom. The smallest absolute Gasteiger partial charge is 0.274 e. The van der Waals surface area contributed by atoms with Crippen LogP contribution >= 0.6 is 34.9 Å². The summed E-state index contributed by atoms with van der Waals surface area (Å²) in [5.74, 6) is -0.0407. The molecule has 3 aromatic carbocycles. The molecule has 0 spiro atoms. The van der Waals surface area contributed by atoms with E-state index in [4.69, 9.17) is 4.99 Å². The van der Waals surface area contributed by atoms with Gasteiger partial charge in [0.2, 0.25) is 0 Å². The molecule has 174 valence electrons. The Balaban J connectivity index is 1.47.